The van der Waals surface area contributed by atoms with E-state index in [4.69, 9.17) is 9.94 Å². The molecule has 17 heavy (non-hydrogen) atoms. The minimum atomic E-state index is 0.527. The van der Waals surface area contributed by atoms with Crippen molar-refractivity contribution in [3.8, 4) is 0 Å². The van der Waals surface area contributed by atoms with E-state index in [2.05, 4.69) is 5.16 Å². The first-order valence-electron chi connectivity index (χ1n) is 5.42. The molecule has 1 aliphatic carbocycles. The van der Waals surface area contributed by atoms with Crippen LogP contribution >= 0.6 is 0 Å². The second kappa shape index (κ2) is 3.94. The Morgan fingerprint density at radius 3 is 3.00 bits per heavy atom. The van der Waals surface area contributed by atoms with Crippen molar-refractivity contribution >= 4 is 11.8 Å². The molecule has 1 aliphatic heterocycles. The highest BCUT2D eigenvalue weighted by Gasteiger charge is 2.19. The Hall–Kier alpha value is -2.29. The molecule has 84 valence electrons. The fourth-order valence-electron chi connectivity index (χ4n) is 2.01. The fourth-order valence-corrected chi connectivity index (χ4v) is 2.01. The van der Waals surface area contributed by atoms with E-state index in [1.165, 1.54) is 0 Å². The van der Waals surface area contributed by atoms with Crippen molar-refractivity contribution < 1.29 is 9.94 Å². The van der Waals surface area contributed by atoms with Gasteiger partial charge >= 0.3 is 0 Å². The molecule has 3 heteroatoms. The van der Waals surface area contributed by atoms with Crippen LogP contribution in [0.3, 0.4) is 0 Å². The van der Waals surface area contributed by atoms with E-state index in [9.17, 15) is 0 Å². The predicted molar refractivity (Wildman–Crippen MR) is 65.7 cm³/mol. The number of hydrogen-bond acceptors (Lipinski definition) is 3. The molecular formula is C14H11NO2. The van der Waals surface area contributed by atoms with E-state index < -0.39 is 0 Å². The lowest BCUT2D eigenvalue weighted by Gasteiger charge is -2.12. The van der Waals surface area contributed by atoms with Gasteiger partial charge in [0, 0.05) is 5.57 Å². The van der Waals surface area contributed by atoms with Crippen LogP contribution in [0.25, 0.3) is 6.08 Å². The highest BCUT2D eigenvalue weighted by molar-refractivity contribution is 6.14. The maximum Gasteiger partial charge on any atom is 0.129 e. The summed E-state index contributed by atoms with van der Waals surface area (Å²) in [5.41, 5.74) is 3.58. The number of oxime groups is 1. The van der Waals surface area contributed by atoms with Gasteiger partial charge in [-0.1, -0.05) is 35.5 Å². The number of benzene rings is 1. The van der Waals surface area contributed by atoms with Crippen molar-refractivity contribution in [1.29, 1.82) is 0 Å². The van der Waals surface area contributed by atoms with Gasteiger partial charge in [0.05, 0.1) is 0 Å². The lowest BCUT2D eigenvalue weighted by molar-refractivity contribution is 0.210. The Labute approximate surface area is 99.0 Å². The Kier molecular flexibility index (Phi) is 2.29. The molecule has 0 saturated carbocycles. The number of rotatable bonds is 0. The molecule has 3 nitrogen and oxygen atoms in total. The number of hydrogen-bond donors (Lipinski definition) is 1. The van der Waals surface area contributed by atoms with Crippen molar-refractivity contribution in [1.82, 2.24) is 0 Å². The molecule has 1 aromatic carbocycles. The fraction of sp³-hybridized carbons (Fsp3) is 0.0714. The van der Waals surface area contributed by atoms with Crippen molar-refractivity contribution in [2.24, 2.45) is 5.16 Å². The Morgan fingerprint density at radius 1 is 1.24 bits per heavy atom. The highest BCUT2D eigenvalue weighted by atomic mass is 16.5. The first-order chi connectivity index (χ1) is 8.38. The molecule has 1 heterocycles. The highest BCUT2D eigenvalue weighted by Crippen LogP contribution is 2.28. The molecular weight excluding hydrogens is 214 g/mol. The smallest absolute Gasteiger partial charge is 0.129 e. The normalized spacial score (nSPS) is 19.6. The van der Waals surface area contributed by atoms with E-state index in [1.807, 2.05) is 42.5 Å². The summed E-state index contributed by atoms with van der Waals surface area (Å²) < 4.78 is 5.72. The molecule has 0 amide bonds. The van der Waals surface area contributed by atoms with Gasteiger partial charge in [-0.2, -0.15) is 0 Å². The summed E-state index contributed by atoms with van der Waals surface area (Å²) >= 11 is 0. The van der Waals surface area contributed by atoms with Gasteiger partial charge < -0.3 is 9.94 Å². The summed E-state index contributed by atoms with van der Waals surface area (Å²) in [6, 6.07) is 8.04. The van der Waals surface area contributed by atoms with Crippen molar-refractivity contribution in [3.05, 3.63) is 65.0 Å². The summed E-state index contributed by atoms with van der Waals surface area (Å²) in [6.07, 6.45) is 7.45. The van der Waals surface area contributed by atoms with E-state index >= 15 is 0 Å². The van der Waals surface area contributed by atoms with Gasteiger partial charge in [0.15, 0.2) is 0 Å². The molecule has 1 aromatic rings. The van der Waals surface area contributed by atoms with Crippen LogP contribution in [0, 0.1) is 0 Å². The summed E-state index contributed by atoms with van der Waals surface area (Å²) in [6.45, 7) is 0.536. The second-order valence-corrected chi connectivity index (χ2v) is 3.92. The van der Waals surface area contributed by atoms with E-state index in [0.29, 0.717) is 12.3 Å². The summed E-state index contributed by atoms with van der Waals surface area (Å²) in [4.78, 5) is 0. The zero-order valence-corrected chi connectivity index (χ0v) is 9.13. The lowest BCUT2D eigenvalue weighted by atomic mass is 9.99. The molecule has 3 rings (SSSR count). The largest absolute Gasteiger partial charge is 0.488 e. The molecule has 0 spiro atoms. The molecule has 0 bridgehead atoms. The van der Waals surface area contributed by atoms with Crippen molar-refractivity contribution in [2.75, 3.05) is 0 Å². The van der Waals surface area contributed by atoms with Crippen LogP contribution in [-0.2, 0) is 11.3 Å². The second-order valence-electron chi connectivity index (χ2n) is 3.92. The molecule has 0 aromatic heterocycles. The molecule has 1 N–H and O–H groups in total. The Balaban J connectivity index is 2.17. The van der Waals surface area contributed by atoms with Crippen LogP contribution in [0.4, 0.5) is 0 Å². The van der Waals surface area contributed by atoms with E-state index in [0.717, 1.165) is 22.5 Å². The standard InChI is InChI=1S/C14H11NO2/c16-15-13-6-3-7-14-12(13)8-10-4-1-2-5-11(10)9-17-14/h1-8,16H,9H2/b15-13+. The van der Waals surface area contributed by atoms with Gasteiger partial charge in [-0.15, -0.1) is 0 Å². The Bertz CT molecular complexity index is 580. The first-order valence-corrected chi connectivity index (χ1v) is 5.42. The van der Waals surface area contributed by atoms with Crippen LogP contribution in [-0.4, -0.2) is 10.9 Å². The zero-order valence-electron chi connectivity index (χ0n) is 9.13. The van der Waals surface area contributed by atoms with Crippen LogP contribution in [0.5, 0.6) is 0 Å². The summed E-state index contributed by atoms with van der Waals surface area (Å²) in [5.74, 6) is 0.747. The third-order valence-corrected chi connectivity index (χ3v) is 2.89. The Morgan fingerprint density at radius 2 is 2.12 bits per heavy atom. The van der Waals surface area contributed by atoms with Crippen LogP contribution in [0.2, 0.25) is 0 Å². The average molecular weight is 225 g/mol. The third-order valence-electron chi connectivity index (χ3n) is 2.89. The van der Waals surface area contributed by atoms with E-state index in [1.54, 1.807) is 6.08 Å². The van der Waals surface area contributed by atoms with Crippen LogP contribution < -0.4 is 0 Å². The summed E-state index contributed by atoms with van der Waals surface area (Å²) in [7, 11) is 0. The van der Waals surface area contributed by atoms with Crippen LogP contribution in [0.15, 0.2) is 59.0 Å². The minimum Gasteiger partial charge on any atom is -0.488 e. The molecule has 0 unspecified atom stereocenters. The molecule has 0 saturated heterocycles. The summed E-state index contributed by atoms with van der Waals surface area (Å²) in [5, 5.41) is 12.3. The molecule has 0 radical (unpaired) electrons. The number of allylic oxidation sites excluding steroid dienone is 4. The SMILES string of the molecule is O/N=C1\C=CC=C2OCc3ccccc3C=C21. The van der Waals surface area contributed by atoms with Gasteiger partial charge in [-0.3, -0.25) is 0 Å². The van der Waals surface area contributed by atoms with Gasteiger partial charge in [0.25, 0.3) is 0 Å². The van der Waals surface area contributed by atoms with Gasteiger partial charge in [0.1, 0.15) is 18.1 Å². The molecule has 0 atom stereocenters. The number of ether oxygens (including phenoxy) is 1. The molecule has 0 fully saturated rings. The minimum absolute atomic E-state index is 0.527. The van der Waals surface area contributed by atoms with Gasteiger partial charge in [-0.05, 0) is 29.4 Å². The number of nitrogens with zero attached hydrogens (tertiary/aromatic N) is 1. The van der Waals surface area contributed by atoms with Crippen molar-refractivity contribution in [2.45, 2.75) is 6.61 Å². The maximum atomic E-state index is 8.98. The average Bonchev–Trinajstić information content (AvgIpc) is 2.57. The monoisotopic (exact) mass is 225 g/mol. The topological polar surface area (TPSA) is 41.8 Å². The van der Waals surface area contributed by atoms with Crippen LogP contribution in [0.1, 0.15) is 11.1 Å². The first kappa shape index (κ1) is 9.90. The third kappa shape index (κ3) is 1.65. The maximum absolute atomic E-state index is 8.98. The zero-order chi connectivity index (χ0) is 11.7. The van der Waals surface area contributed by atoms with Crippen molar-refractivity contribution in [3.63, 3.8) is 0 Å². The van der Waals surface area contributed by atoms with Gasteiger partial charge in [0.2, 0.25) is 0 Å². The van der Waals surface area contributed by atoms with E-state index in [-0.39, 0.29) is 0 Å². The lowest BCUT2D eigenvalue weighted by Crippen LogP contribution is -2.07. The quantitative estimate of drug-likeness (QED) is 0.545. The predicted octanol–water partition coefficient (Wildman–Crippen LogP) is 2.88. The number of fused-ring (bicyclic) bond motifs is 2. The molecule has 2 aliphatic rings. The van der Waals surface area contributed by atoms with Gasteiger partial charge in [-0.25, -0.2) is 0 Å².